The Morgan fingerprint density at radius 3 is 2.83 bits per heavy atom. The quantitative estimate of drug-likeness (QED) is 0.900. The highest BCUT2D eigenvalue weighted by Gasteiger charge is 2.13. The fourth-order valence-corrected chi connectivity index (χ4v) is 1.78. The summed E-state index contributed by atoms with van der Waals surface area (Å²) in [6.45, 7) is 2.27. The fraction of sp³-hybridized carbons (Fsp3) is 0.214. The minimum atomic E-state index is -0.174. The largest absolute Gasteiger partial charge is 0.496 e. The van der Waals surface area contributed by atoms with Crippen molar-refractivity contribution in [2.24, 2.45) is 0 Å². The molecule has 1 N–H and O–H groups in total. The van der Waals surface area contributed by atoms with Gasteiger partial charge in [0.15, 0.2) is 0 Å². The molecule has 2 aromatic rings. The number of rotatable bonds is 4. The fourth-order valence-electron chi connectivity index (χ4n) is 1.78. The standard InChI is InChI=1S/C14H15NO3/c1-10-5-3-7-12(13(10)17-2)14(16)15-9-11-6-4-8-18-11/h3-8H,9H2,1-2H3,(H,15,16). The van der Waals surface area contributed by atoms with Crippen LogP contribution in [0.5, 0.6) is 5.75 Å². The summed E-state index contributed by atoms with van der Waals surface area (Å²) >= 11 is 0. The molecule has 18 heavy (non-hydrogen) atoms. The molecule has 1 aromatic carbocycles. The summed E-state index contributed by atoms with van der Waals surface area (Å²) in [7, 11) is 1.56. The van der Waals surface area contributed by atoms with Gasteiger partial charge in [-0.1, -0.05) is 12.1 Å². The molecule has 0 aliphatic carbocycles. The number of methoxy groups -OCH3 is 1. The predicted molar refractivity (Wildman–Crippen MR) is 67.6 cm³/mol. The molecule has 0 spiro atoms. The molecule has 1 heterocycles. The first-order valence-corrected chi connectivity index (χ1v) is 5.66. The Balaban J connectivity index is 2.11. The van der Waals surface area contributed by atoms with Crippen LogP contribution in [0.1, 0.15) is 21.7 Å². The zero-order valence-corrected chi connectivity index (χ0v) is 10.4. The van der Waals surface area contributed by atoms with E-state index in [4.69, 9.17) is 9.15 Å². The Bertz CT molecular complexity index is 532. The molecule has 0 atom stereocenters. The third kappa shape index (κ3) is 2.53. The van der Waals surface area contributed by atoms with Gasteiger partial charge in [0.25, 0.3) is 5.91 Å². The van der Waals surface area contributed by atoms with Crippen molar-refractivity contribution in [3.63, 3.8) is 0 Å². The maximum atomic E-state index is 12.0. The molecule has 2 rings (SSSR count). The average Bonchev–Trinajstić information content (AvgIpc) is 2.88. The number of hydrogen-bond donors (Lipinski definition) is 1. The maximum Gasteiger partial charge on any atom is 0.255 e. The molecule has 94 valence electrons. The van der Waals surface area contributed by atoms with E-state index in [0.29, 0.717) is 17.9 Å². The van der Waals surface area contributed by atoms with Gasteiger partial charge in [-0.2, -0.15) is 0 Å². The van der Waals surface area contributed by atoms with Gasteiger partial charge in [0, 0.05) is 0 Å². The summed E-state index contributed by atoms with van der Waals surface area (Å²) in [5, 5.41) is 2.79. The van der Waals surface area contributed by atoms with Crippen LogP contribution in [0, 0.1) is 6.92 Å². The minimum absolute atomic E-state index is 0.174. The highest BCUT2D eigenvalue weighted by Crippen LogP contribution is 2.22. The van der Waals surface area contributed by atoms with Crippen LogP contribution in [-0.2, 0) is 6.54 Å². The third-order valence-corrected chi connectivity index (χ3v) is 2.66. The van der Waals surface area contributed by atoms with Gasteiger partial charge in [-0.05, 0) is 30.7 Å². The smallest absolute Gasteiger partial charge is 0.255 e. The SMILES string of the molecule is COc1c(C)cccc1C(=O)NCc1ccco1. The first-order chi connectivity index (χ1) is 8.72. The lowest BCUT2D eigenvalue weighted by Gasteiger charge is -2.10. The predicted octanol–water partition coefficient (Wildman–Crippen LogP) is 2.53. The summed E-state index contributed by atoms with van der Waals surface area (Å²) < 4.78 is 10.4. The molecule has 0 saturated carbocycles. The van der Waals surface area contributed by atoms with Gasteiger partial charge in [0.2, 0.25) is 0 Å². The van der Waals surface area contributed by atoms with Crippen LogP contribution in [-0.4, -0.2) is 13.0 Å². The highest BCUT2D eigenvalue weighted by molar-refractivity contribution is 5.97. The Labute approximate surface area is 106 Å². The summed E-state index contributed by atoms with van der Waals surface area (Å²) in [4.78, 5) is 12.0. The van der Waals surface area contributed by atoms with Crippen molar-refractivity contribution >= 4 is 5.91 Å². The van der Waals surface area contributed by atoms with Crippen LogP contribution >= 0.6 is 0 Å². The topological polar surface area (TPSA) is 51.5 Å². The van der Waals surface area contributed by atoms with Crippen molar-refractivity contribution in [1.82, 2.24) is 5.32 Å². The number of aryl methyl sites for hydroxylation is 1. The van der Waals surface area contributed by atoms with E-state index in [0.717, 1.165) is 11.3 Å². The molecular formula is C14H15NO3. The monoisotopic (exact) mass is 245 g/mol. The zero-order valence-electron chi connectivity index (χ0n) is 10.4. The number of carbonyl (C=O) groups is 1. The van der Waals surface area contributed by atoms with Crippen LogP contribution in [0.3, 0.4) is 0 Å². The van der Waals surface area contributed by atoms with Gasteiger partial charge in [0.1, 0.15) is 11.5 Å². The molecule has 0 aliphatic rings. The number of nitrogens with one attached hydrogen (secondary N) is 1. The molecule has 0 unspecified atom stereocenters. The minimum Gasteiger partial charge on any atom is -0.496 e. The Morgan fingerprint density at radius 2 is 2.17 bits per heavy atom. The number of hydrogen-bond acceptors (Lipinski definition) is 3. The van der Waals surface area contributed by atoms with Crippen LogP contribution in [0.25, 0.3) is 0 Å². The summed E-state index contributed by atoms with van der Waals surface area (Å²) in [6, 6.07) is 9.08. The van der Waals surface area contributed by atoms with Crippen molar-refractivity contribution in [2.45, 2.75) is 13.5 Å². The van der Waals surface area contributed by atoms with E-state index < -0.39 is 0 Å². The second kappa shape index (κ2) is 5.40. The second-order valence-electron chi connectivity index (χ2n) is 3.92. The molecule has 1 aromatic heterocycles. The molecule has 0 fully saturated rings. The van der Waals surface area contributed by atoms with Crippen molar-refractivity contribution in [2.75, 3.05) is 7.11 Å². The van der Waals surface area contributed by atoms with E-state index in [1.165, 1.54) is 0 Å². The van der Waals surface area contributed by atoms with Crippen molar-refractivity contribution in [3.05, 3.63) is 53.5 Å². The average molecular weight is 245 g/mol. The number of carbonyl (C=O) groups excluding carboxylic acids is 1. The molecule has 4 heteroatoms. The van der Waals surface area contributed by atoms with E-state index in [1.54, 1.807) is 25.5 Å². The van der Waals surface area contributed by atoms with Gasteiger partial charge in [-0.15, -0.1) is 0 Å². The van der Waals surface area contributed by atoms with Crippen LogP contribution in [0.4, 0.5) is 0 Å². The first-order valence-electron chi connectivity index (χ1n) is 5.66. The number of furan rings is 1. The Hall–Kier alpha value is -2.23. The van der Waals surface area contributed by atoms with E-state index in [9.17, 15) is 4.79 Å². The van der Waals surface area contributed by atoms with E-state index in [1.807, 2.05) is 25.1 Å². The van der Waals surface area contributed by atoms with Crippen LogP contribution in [0.2, 0.25) is 0 Å². The number of ether oxygens (including phenoxy) is 1. The lowest BCUT2D eigenvalue weighted by molar-refractivity contribution is 0.0945. The first kappa shape index (κ1) is 12.2. The van der Waals surface area contributed by atoms with E-state index in [2.05, 4.69) is 5.32 Å². The number of benzene rings is 1. The van der Waals surface area contributed by atoms with Crippen LogP contribution in [0.15, 0.2) is 41.0 Å². The van der Waals surface area contributed by atoms with Gasteiger partial charge in [-0.3, -0.25) is 4.79 Å². The summed E-state index contributed by atoms with van der Waals surface area (Å²) in [5.74, 6) is 1.15. The summed E-state index contributed by atoms with van der Waals surface area (Å²) in [5.41, 5.74) is 1.47. The van der Waals surface area contributed by atoms with E-state index in [-0.39, 0.29) is 5.91 Å². The number of amides is 1. The molecule has 0 radical (unpaired) electrons. The lowest BCUT2D eigenvalue weighted by Crippen LogP contribution is -2.23. The molecule has 0 aliphatic heterocycles. The molecule has 0 saturated heterocycles. The Morgan fingerprint density at radius 1 is 1.33 bits per heavy atom. The van der Waals surface area contributed by atoms with Crippen molar-refractivity contribution < 1.29 is 13.9 Å². The van der Waals surface area contributed by atoms with Crippen molar-refractivity contribution in [3.8, 4) is 5.75 Å². The third-order valence-electron chi connectivity index (χ3n) is 2.66. The zero-order chi connectivity index (χ0) is 13.0. The Kier molecular flexibility index (Phi) is 3.67. The molecular weight excluding hydrogens is 230 g/mol. The summed E-state index contributed by atoms with van der Waals surface area (Å²) in [6.07, 6.45) is 1.58. The van der Waals surface area contributed by atoms with Gasteiger partial charge in [0.05, 0.1) is 25.5 Å². The van der Waals surface area contributed by atoms with Gasteiger partial charge in [-0.25, -0.2) is 0 Å². The molecule has 1 amide bonds. The highest BCUT2D eigenvalue weighted by atomic mass is 16.5. The molecule has 4 nitrogen and oxygen atoms in total. The van der Waals surface area contributed by atoms with Gasteiger partial charge < -0.3 is 14.5 Å². The van der Waals surface area contributed by atoms with Crippen molar-refractivity contribution in [1.29, 1.82) is 0 Å². The lowest BCUT2D eigenvalue weighted by atomic mass is 10.1. The normalized spacial score (nSPS) is 10.1. The van der Waals surface area contributed by atoms with Gasteiger partial charge >= 0.3 is 0 Å². The van der Waals surface area contributed by atoms with Crippen LogP contribution < -0.4 is 10.1 Å². The second-order valence-corrected chi connectivity index (χ2v) is 3.92. The number of para-hydroxylation sites is 1. The van der Waals surface area contributed by atoms with E-state index >= 15 is 0 Å². The maximum absolute atomic E-state index is 12.0. The molecule has 0 bridgehead atoms.